The average Bonchev–Trinajstić information content (AvgIpc) is 3.39. The van der Waals surface area contributed by atoms with E-state index < -0.39 is 0 Å². The Kier molecular flexibility index (Phi) is 7.17. The van der Waals surface area contributed by atoms with E-state index in [9.17, 15) is 4.79 Å². The number of carbonyl (C=O) groups excluding carboxylic acids is 1. The molecule has 0 saturated heterocycles. The van der Waals surface area contributed by atoms with Gasteiger partial charge < -0.3 is 19.9 Å². The van der Waals surface area contributed by atoms with Gasteiger partial charge in [0.1, 0.15) is 11.5 Å². The highest BCUT2D eigenvalue weighted by Crippen LogP contribution is 2.24. The Bertz CT molecular complexity index is 1210. The van der Waals surface area contributed by atoms with Crippen molar-refractivity contribution in [2.75, 3.05) is 37.9 Å². The van der Waals surface area contributed by atoms with Gasteiger partial charge in [0, 0.05) is 25.6 Å². The molecule has 0 atom stereocenters. The smallest absolute Gasteiger partial charge is 0.226 e. The maximum atomic E-state index is 12.4. The third-order valence-electron chi connectivity index (χ3n) is 4.77. The summed E-state index contributed by atoms with van der Waals surface area (Å²) in [6.45, 7) is 4.17. The van der Waals surface area contributed by atoms with E-state index in [2.05, 4.69) is 37.8 Å². The lowest BCUT2D eigenvalue weighted by Gasteiger charge is -2.09. The molecular weight excluding hydrogens is 430 g/mol. The summed E-state index contributed by atoms with van der Waals surface area (Å²) in [4.78, 5) is 21.7. The minimum Gasteiger partial charge on any atom is -0.383 e. The Labute approximate surface area is 189 Å². The van der Waals surface area contributed by atoms with Gasteiger partial charge in [0.2, 0.25) is 5.91 Å². The minimum atomic E-state index is -0.126. The lowest BCUT2D eigenvalue weighted by molar-refractivity contribution is -0.120. The molecule has 168 valence electrons. The number of nitrogens with zero attached hydrogens (tertiary/aromatic N) is 5. The van der Waals surface area contributed by atoms with Crippen molar-refractivity contribution < 1.29 is 14.1 Å². The van der Waals surface area contributed by atoms with Crippen LogP contribution in [0.4, 0.5) is 5.82 Å². The van der Waals surface area contributed by atoms with E-state index in [0.29, 0.717) is 42.7 Å². The Morgan fingerprint density at radius 2 is 2.09 bits per heavy atom. The summed E-state index contributed by atoms with van der Waals surface area (Å²) in [5.41, 5.74) is 2.03. The first-order chi connectivity index (χ1) is 15.7. The monoisotopic (exact) mass is 455 g/mol. The maximum Gasteiger partial charge on any atom is 0.226 e. The molecule has 3 heterocycles. The highest BCUT2D eigenvalue weighted by atomic mass is 32.2. The van der Waals surface area contributed by atoms with E-state index in [1.54, 1.807) is 29.8 Å². The van der Waals surface area contributed by atoms with Crippen LogP contribution in [0.1, 0.15) is 12.6 Å². The Morgan fingerprint density at radius 3 is 2.94 bits per heavy atom. The fourth-order valence-electron chi connectivity index (χ4n) is 3.28. The topological polar surface area (TPSA) is 120 Å². The van der Waals surface area contributed by atoms with Crippen molar-refractivity contribution in [3.05, 3.63) is 36.2 Å². The van der Waals surface area contributed by atoms with Crippen LogP contribution < -0.4 is 10.6 Å². The minimum absolute atomic E-state index is 0.126. The first kappa shape index (κ1) is 22.0. The number of methoxy groups -OCH3 is 1. The van der Waals surface area contributed by atoms with Crippen LogP contribution in [0.3, 0.4) is 0 Å². The lowest BCUT2D eigenvalue weighted by atomic mass is 10.1. The van der Waals surface area contributed by atoms with E-state index in [-0.39, 0.29) is 12.3 Å². The number of thioether (sulfide) groups is 1. The highest BCUT2D eigenvalue weighted by Gasteiger charge is 2.14. The number of aromatic nitrogens is 5. The zero-order valence-electron chi connectivity index (χ0n) is 18.0. The number of rotatable bonds is 11. The van der Waals surface area contributed by atoms with Crippen molar-refractivity contribution in [1.82, 2.24) is 30.2 Å². The van der Waals surface area contributed by atoms with Crippen molar-refractivity contribution in [3.8, 4) is 0 Å². The normalized spacial score (nSPS) is 11.3. The van der Waals surface area contributed by atoms with Gasteiger partial charge >= 0.3 is 0 Å². The van der Waals surface area contributed by atoms with Gasteiger partial charge in [0.05, 0.1) is 31.2 Å². The highest BCUT2D eigenvalue weighted by molar-refractivity contribution is 7.99. The largest absolute Gasteiger partial charge is 0.383 e. The molecule has 11 heteroatoms. The zero-order valence-corrected chi connectivity index (χ0v) is 18.8. The van der Waals surface area contributed by atoms with E-state index in [0.717, 1.165) is 28.0 Å². The van der Waals surface area contributed by atoms with Crippen molar-refractivity contribution >= 4 is 45.5 Å². The Morgan fingerprint density at radius 1 is 1.22 bits per heavy atom. The van der Waals surface area contributed by atoms with Crippen LogP contribution in [0.15, 0.2) is 40.1 Å². The summed E-state index contributed by atoms with van der Waals surface area (Å²) in [6, 6.07) is 7.50. The number of nitrogens with one attached hydrogen (secondary N) is 2. The van der Waals surface area contributed by atoms with Gasteiger partial charge in [-0.1, -0.05) is 36.0 Å². The number of benzene rings is 1. The molecule has 0 aliphatic heterocycles. The van der Waals surface area contributed by atoms with Crippen molar-refractivity contribution in [2.24, 2.45) is 0 Å². The molecule has 0 aliphatic carbocycles. The molecule has 1 aromatic carbocycles. The van der Waals surface area contributed by atoms with Crippen LogP contribution in [0.5, 0.6) is 0 Å². The molecule has 0 bridgehead atoms. The number of hydrogen-bond acceptors (Lipinski definition) is 9. The first-order valence-electron chi connectivity index (χ1n) is 10.4. The molecule has 4 aromatic rings. The van der Waals surface area contributed by atoms with E-state index in [1.165, 1.54) is 0 Å². The average molecular weight is 456 g/mol. The molecular formula is C21H25N7O3S. The molecule has 1 amide bonds. The number of amides is 1. The Hall–Kier alpha value is -3.18. The van der Waals surface area contributed by atoms with Gasteiger partial charge in [-0.05, 0) is 17.9 Å². The van der Waals surface area contributed by atoms with Crippen molar-refractivity contribution in [2.45, 2.75) is 25.0 Å². The van der Waals surface area contributed by atoms with Crippen LogP contribution in [0, 0.1) is 0 Å². The number of carbonyl (C=O) groups is 1. The molecule has 0 saturated carbocycles. The third-order valence-corrected chi connectivity index (χ3v) is 5.50. The molecule has 0 aliphatic rings. The van der Waals surface area contributed by atoms with Gasteiger partial charge in [0.25, 0.3) is 0 Å². The standard InChI is InChI=1S/C21H25N7O3S/c1-3-32-21-25-19(23-9-11-30-2)15-13-24-28(20(15)26-21)10-8-22-18(29)12-16-14-6-4-5-7-17(14)31-27-16/h4-7,13H,3,8-12H2,1-2H3,(H,22,29)(H,23,25,26). The second-order valence-electron chi connectivity index (χ2n) is 6.96. The summed E-state index contributed by atoms with van der Waals surface area (Å²) in [7, 11) is 1.66. The van der Waals surface area contributed by atoms with Gasteiger partial charge in [-0.15, -0.1) is 0 Å². The first-order valence-corrected chi connectivity index (χ1v) is 11.4. The van der Waals surface area contributed by atoms with Crippen LogP contribution in [-0.4, -0.2) is 63.4 Å². The van der Waals surface area contributed by atoms with Gasteiger partial charge in [0.15, 0.2) is 16.4 Å². The van der Waals surface area contributed by atoms with Crippen LogP contribution in [0.2, 0.25) is 0 Å². The second kappa shape index (κ2) is 10.4. The van der Waals surface area contributed by atoms with Gasteiger partial charge in [-0.3, -0.25) is 4.79 Å². The summed E-state index contributed by atoms with van der Waals surface area (Å²) in [5, 5.41) is 17.0. The van der Waals surface area contributed by atoms with Gasteiger partial charge in [-0.25, -0.2) is 14.6 Å². The fraction of sp³-hybridized carbons (Fsp3) is 0.381. The second-order valence-corrected chi connectivity index (χ2v) is 8.20. The van der Waals surface area contributed by atoms with Crippen molar-refractivity contribution in [1.29, 1.82) is 0 Å². The number of fused-ring (bicyclic) bond motifs is 2. The predicted octanol–water partition coefficient (Wildman–Crippen LogP) is 2.50. The quantitative estimate of drug-likeness (QED) is 0.200. The van der Waals surface area contributed by atoms with E-state index in [4.69, 9.17) is 9.26 Å². The summed E-state index contributed by atoms with van der Waals surface area (Å²) in [5.74, 6) is 1.47. The van der Waals surface area contributed by atoms with E-state index in [1.807, 2.05) is 24.3 Å². The maximum absolute atomic E-state index is 12.4. The molecule has 4 rings (SSSR count). The van der Waals surface area contributed by atoms with Crippen molar-refractivity contribution in [3.63, 3.8) is 0 Å². The van der Waals surface area contributed by atoms with Crippen LogP contribution in [-0.2, 0) is 22.5 Å². The summed E-state index contributed by atoms with van der Waals surface area (Å²) in [6.07, 6.45) is 1.90. The zero-order chi connectivity index (χ0) is 22.3. The van der Waals surface area contributed by atoms with Crippen LogP contribution >= 0.6 is 11.8 Å². The number of para-hydroxylation sites is 1. The predicted molar refractivity (Wildman–Crippen MR) is 123 cm³/mol. The number of ether oxygens (including phenoxy) is 1. The number of hydrogen-bond donors (Lipinski definition) is 2. The SMILES string of the molecule is CCSc1nc(NCCOC)c2cnn(CCNC(=O)Cc3noc4ccccc34)c2n1. The number of anilines is 1. The molecule has 0 unspecified atom stereocenters. The van der Waals surface area contributed by atoms with Crippen LogP contribution in [0.25, 0.3) is 22.0 Å². The molecule has 2 N–H and O–H groups in total. The molecule has 0 fully saturated rings. The third kappa shape index (κ3) is 5.00. The molecule has 0 spiro atoms. The lowest BCUT2D eigenvalue weighted by Crippen LogP contribution is -2.29. The summed E-state index contributed by atoms with van der Waals surface area (Å²) < 4.78 is 12.2. The summed E-state index contributed by atoms with van der Waals surface area (Å²) >= 11 is 1.57. The van der Waals surface area contributed by atoms with E-state index >= 15 is 0 Å². The van der Waals surface area contributed by atoms with Gasteiger partial charge in [-0.2, -0.15) is 5.10 Å². The Balaban J connectivity index is 1.41. The molecule has 3 aromatic heterocycles. The molecule has 0 radical (unpaired) electrons. The molecule has 10 nitrogen and oxygen atoms in total. The molecule has 32 heavy (non-hydrogen) atoms. The fourth-order valence-corrected chi connectivity index (χ4v) is 3.85.